The zero-order valence-electron chi connectivity index (χ0n) is 18.4. The van der Waals surface area contributed by atoms with Crippen molar-refractivity contribution in [1.29, 1.82) is 0 Å². The van der Waals surface area contributed by atoms with E-state index >= 15 is 0 Å². The molecule has 0 spiro atoms. The second-order valence-corrected chi connectivity index (χ2v) is 6.97. The monoisotopic (exact) mass is 503 g/mol. The van der Waals surface area contributed by atoms with Crippen LogP contribution in [0.25, 0.3) is 0 Å². The van der Waals surface area contributed by atoms with Crippen LogP contribution in [0, 0.1) is 0 Å². The number of hydrogen-bond acceptors (Lipinski definition) is 3. The third kappa shape index (κ3) is 15.4. The number of nitrogens with two attached hydrogens (primary N) is 1. The molecule has 184 valence electrons. The zero-order valence-corrected chi connectivity index (χ0v) is 19.9. The molecule has 0 fully saturated rings. The molecule has 0 unspecified atom stereocenters. The molecule has 0 heterocycles. The first-order valence-electron chi connectivity index (χ1n) is 9.75. The Morgan fingerprint density at radius 3 is 1.36 bits per heavy atom. The molecule has 0 aliphatic heterocycles. The summed E-state index contributed by atoms with van der Waals surface area (Å²) in [5.74, 6) is 0. The normalized spacial score (nSPS) is 9.61. The van der Waals surface area contributed by atoms with Gasteiger partial charge in [-0.15, -0.1) is 0 Å². The van der Waals surface area contributed by atoms with Crippen LogP contribution in [0.5, 0.6) is 0 Å². The van der Waals surface area contributed by atoms with E-state index in [1.165, 1.54) is 24.7 Å². The summed E-state index contributed by atoms with van der Waals surface area (Å²) in [4.78, 5) is 0. The van der Waals surface area contributed by atoms with Crippen molar-refractivity contribution in [3.8, 4) is 0 Å². The van der Waals surface area contributed by atoms with Gasteiger partial charge in [-0.1, -0.05) is 85.2 Å². The number of alkyl halides is 3. The highest BCUT2D eigenvalue weighted by Crippen LogP contribution is 2.29. The lowest BCUT2D eigenvalue weighted by atomic mass is 10.1. The Morgan fingerprint density at radius 2 is 1.03 bits per heavy atom. The summed E-state index contributed by atoms with van der Waals surface area (Å²) in [5, 5.41) is 7.16. The summed E-state index contributed by atoms with van der Waals surface area (Å²) < 4.78 is 36.3. The smallest absolute Gasteiger partial charge is 0.333 e. The van der Waals surface area contributed by atoms with Crippen molar-refractivity contribution in [2.75, 3.05) is 21.1 Å². The van der Waals surface area contributed by atoms with E-state index < -0.39 is 11.7 Å². The fourth-order valence-corrected chi connectivity index (χ4v) is 2.53. The van der Waals surface area contributed by atoms with Gasteiger partial charge in [0.1, 0.15) is 0 Å². The van der Waals surface area contributed by atoms with Gasteiger partial charge < -0.3 is 16.4 Å². The van der Waals surface area contributed by atoms with Gasteiger partial charge in [0.05, 0.1) is 15.6 Å². The molecule has 0 aromatic heterocycles. The van der Waals surface area contributed by atoms with Crippen LogP contribution in [0.4, 0.5) is 13.2 Å². The number of nitrogens with one attached hydrogen (secondary N) is 2. The SMILES string of the molecule is C.CN.CNCc1ccc(C(F)(F)F)cc1.CNCc1ccccc1.Clc1ccccc1Cl. The number of benzene rings is 3. The molecule has 4 N–H and O–H groups in total. The van der Waals surface area contributed by atoms with E-state index in [0.717, 1.165) is 24.2 Å². The lowest BCUT2D eigenvalue weighted by Crippen LogP contribution is -2.07. The fraction of sp³-hybridized carbons (Fsp3) is 0.280. The van der Waals surface area contributed by atoms with Crippen LogP contribution in [0.1, 0.15) is 24.1 Å². The van der Waals surface area contributed by atoms with Crippen LogP contribution in [0.15, 0.2) is 78.9 Å². The summed E-state index contributed by atoms with van der Waals surface area (Å²) in [7, 11) is 5.20. The molecule has 0 aliphatic rings. The fourth-order valence-electron chi connectivity index (χ4n) is 2.25. The van der Waals surface area contributed by atoms with E-state index in [-0.39, 0.29) is 7.43 Å². The van der Waals surface area contributed by atoms with Crippen molar-refractivity contribution >= 4 is 23.2 Å². The lowest BCUT2D eigenvalue weighted by Gasteiger charge is -2.06. The number of halogens is 5. The number of hydrogen-bond donors (Lipinski definition) is 3. The molecule has 8 heteroatoms. The molecular weight excluding hydrogens is 470 g/mol. The summed E-state index contributed by atoms with van der Waals surface area (Å²) in [6.45, 7) is 1.54. The van der Waals surface area contributed by atoms with Gasteiger partial charge in [0.25, 0.3) is 0 Å². The maximum atomic E-state index is 12.1. The van der Waals surface area contributed by atoms with Crippen LogP contribution < -0.4 is 16.4 Å². The average Bonchev–Trinajstić information content (AvgIpc) is 2.79. The Bertz CT molecular complexity index is 823. The standard InChI is InChI=1S/C9H10F3N.C8H11N.C6H4Cl2.CH5N.CH4/c1-13-6-7-2-4-8(5-3-7)9(10,11)12;1-9-7-8-5-3-2-4-6-8;7-5-3-1-2-4-6(5)8;1-2;/h2-5,13H,6H2,1H3;2-6,9H,7H2,1H3;1-4H;2H2,1H3;1H4. The van der Waals surface area contributed by atoms with Gasteiger partial charge in [-0.3, -0.25) is 0 Å². The minimum Gasteiger partial charge on any atom is -0.333 e. The molecule has 3 nitrogen and oxygen atoms in total. The summed E-state index contributed by atoms with van der Waals surface area (Å²) >= 11 is 11.2. The van der Waals surface area contributed by atoms with E-state index in [9.17, 15) is 13.2 Å². The molecule has 0 aliphatic carbocycles. The molecule has 3 aromatic rings. The quantitative estimate of drug-likeness (QED) is 0.357. The van der Waals surface area contributed by atoms with Gasteiger partial charge in [-0.25, -0.2) is 0 Å². The Labute approximate surface area is 206 Å². The molecule has 3 rings (SSSR count). The van der Waals surface area contributed by atoms with Crippen molar-refractivity contribution in [3.05, 3.63) is 106 Å². The minimum atomic E-state index is -4.24. The predicted octanol–water partition coefficient (Wildman–Crippen LogP) is 7.04. The molecule has 0 amide bonds. The van der Waals surface area contributed by atoms with Gasteiger partial charge in [-0.05, 0) is 56.5 Å². The molecule has 0 saturated heterocycles. The lowest BCUT2D eigenvalue weighted by molar-refractivity contribution is -0.137. The van der Waals surface area contributed by atoms with E-state index in [4.69, 9.17) is 23.2 Å². The second kappa shape index (κ2) is 19.4. The highest BCUT2D eigenvalue weighted by molar-refractivity contribution is 6.41. The number of rotatable bonds is 4. The van der Waals surface area contributed by atoms with Crippen molar-refractivity contribution in [1.82, 2.24) is 10.6 Å². The Balaban J connectivity index is 0. The van der Waals surface area contributed by atoms with Crippen LogP contribution in [0.2, 0.25) is 10.0 Å². The predicted molar refractivity (Wildman–Crippen MR) is 137 cm³/mol. The Hall–Kier alpha value is -2.09. The molecule has 3 aromatic carbocycles. The Kier molecular flexibility index (Phi) is 19.4. The maximum absolute atomic E-state index is 12.1. The van der Waals surface area contributed by atoms with Crippen LogP contribution in [-0.4, -0.2) is 21.1 Å². The third-order valence-electron chi connectivity index (χ3n) is 3.71. The van der Waals surface area contributed by atoms with Crippen LogP contribution >= 0.6 is 23.2 Å². The van der Waals surface area contributed by atoms with E-state index in [1.807, 2.05) is 37.4 Å². The van der Waals surface area contributed by atoms with E-state index in [1.54, 1.807) is 19.2 Å². The molecule has 0 radical (unpaired) electrons. The minimum absolute atomic E-state index is 0. The second-order valence-electron chi connectivity index (χ2n) is 6.16. The molecule has 0 saturated carbocycles. The van der Waals surface area contributed by atoms with E-state index in [2.05, 4.69) is 28.5 Å². The first-order valence-corrected chi connectivity index (χ1v) is 10.5. The van der Waals surface area contributed by atoms with Crippen molar-refractivity contribution < 1.29 is 13.2 Å². The largest absolute Gasteiger partial charge is 0.416 e. The van der Waals surface area contributed by atoms with Crippen molar-refractivity contribution in [2.24, 2.45) is 5.73 Å². The van der Waals surface area contributed by atoms with Crippen molar-refractivity contribution in [2.45, 2.75) is 26.7 Å². The van der Waals surface area contributed by atoms with Gasteiger partial charge in [-0.2, -0.15) is 13.2 Å². The van der Waals surface area contributed by atoms with Crippen LogP contribution in [-0.2, 0) is 19.3 Å². The van der Waals surface area contributed by atoms with Gasteiger partial charge >= 0.3 is 6.18 Å². The summed E-state index contributed by atoms with van der Waals surface area (Å²) in [5.41, 5.74) is 6.07. The molecular formula is C25H34Cl2F3N3. The molecule has 0 bridgehead atoms. The first kappa shape index (κ1) is 33.1. The topological polar surface area (TPSA) is 50.1 Å². The summed E-state index contributed by atoms with van der Waals surface area (Å²) in [6.07, 6.45) is -4.24. The maximum Gasteiger partial charge on any atom is 0.416 e. The van der Waals surface area contributed by atoms with Gasteiger partial charge in [0.15, 0.2) is 0 Å². The van der Waals surface area contributed by atoms with Crippen LogP contribution in [0.3, 0.4) is 0 Å². The molecule has 33 heavy (non-hydrogen) atoms. The highest BCUT2D eigenvalue weighted by Gasteiger charge is 2.29. The first-order chi connectivity index (χ1) is 15.3. The average molecular weight is 504 g/mol. The van der Waals surface area contributed by atoms with Gasteiger partial charge in [0, 0.05) is 13.1 Å². The van der Waals surface area contributed by atoms with Gasteiger partial charge in [0.2, 0.25) is 0 Å². The third-order valence-corrected chi connectivity index (χ3v) is 4.47. The van der Waals surface area contributed by atoms with Crippen molar-refractivity contribution in [3.63, 3.8) is 0 Å². The zero-order chi connectivity index (χ0) is 24.4. The highest BCUT2D eigenvalue weighted by atomic mass is 35.5. The van der Waals surface area contributed by atoms with E-state index in [0.29, 0.717) is 16.6 Å². The summed E-state index contributed by atoms with van der Waals surface area (Å²) in [6, 6.07) is 22.7. The molecule has 0 atom stereocenters. The Morgan fingerprint density at radius 1 is 0.667 bits per heavy atom.